The van der Waals surface area contributed by atoms with Crippen molar-refractivity contribution < 1.29 is 33.7 Å². The number of carbonyl (C=O) groups is 3. The van der Waals surface area contributed by atoms with E-state index in [1.807, 2.05) is 0 Å². The zero-order valence-corrected chi connectivity index (χ0v) is 17.8. The predicted octanol–water partition coefficient (Wildman–Crippen LogP) is 1.89. The standard InChI is InChI=1S/C22H18N2O7S/c1-29-12-6-3-9(7-14(12)30-2)24-20(26)16-15-11-5-4-10(25)8-13(11)31-22(28)17(15)19(23)32-18(16)21(24)27/h3-8,15-16,18,25H,23H2,1-2H3/t15-,16+,18-/m0/s1. The van der Waals surface area contributed by atoms with Crippen LogP contribution < -0.4 is 24.8 Å². The number of amides is 2. The number of ether oxygens (including phenoxy) is 3. The van der Waals surface area contributed by atoms with Gasteiger partial charge in [-0.15, -0.1) is 0 Å². The number of anilines is 1. The molecule has 0 radical (unpaired) electrons. The van der Waals surface area contributed by atoms with Gasteiger partial charge in [-0.25, -0.2) is 9.69 Å². The van der Waals surface area contributed by atoms with Crippen molar-refractivity contribution in [2.75, 3.05) is 19.1 Å². The van der Waals surface area contributed by atoms with Crippen LogP contribution in [0.3, 0.4) is 0 Å². The van der Waals surface area contributed by atoms with Crippen LogP contribution >= 0.6 is 11.8 Å². The fourth-order valence-corrected chi connectivity index (χ4v) is 5.70. The molecule has 5 rings (SSSR count). The second kappa shape index (κ2) is 7.20. The summed E-state index contributed by atoms with van der Waals surface area (Å²) < 4.78 is 15.9. The molecule has 3 atom stereocenters. The number of methoxy groups -OCH3 is 2. The summed E-state index contributed by atoms with van der Waals surface area (Å²) in [6.07, 6.45) is 0. The quantitative estimate of drug-likeness (QED) is 0.406. The summed E-state index contributed by atoms with van der Waals surface area (Å²) in [6, 6.07) is 9.09. The van der Waals surface area contributed by atoms with Crippen LogP contribution in [0.2, 0.25) is 0 Å². The van der Waals surface area contributed by atoms with E-state index in [0.717, 1.165) is 16.7 Å². The Bertz CT molecular complexity index is 1220. The molecule has 32 heavy (non-hydrogen) atoms. The first-order chi connectivity index (χ1) is 15.3. The van der Waals surface area contributed by atoms with E-state index in [9.17, 15) is 19.5 Å². The first-order valence-corrected chi connectivity index (χ1v) is 10.5. The molecular weight excluding hydrogens is 436 g/mol. The molecule has 2 amide bonds. The van der Waals surface area contributed by atoms with Crippen LogP contribution in [0.25, 0.3) is 0 Å². The van der Waals surface area contributed by atoms with Crippen LogP contribution in [0.15, 0.2) is 47.0 Å². The lowest BCUT2D eigenvalue weighted by Crippen LogP contribution is -2.39. The van der Waals surface area contributed by atoms with E-state index < -0.39 is 34.9 Å². The molecule has 164 valence electrons. The van der Waals surface area contributed by atoms with E-state index in [1.54, 1.807) is 24.3 Å². The van der Waals surface area contributed by atoms with Crippen molar-refractivity contribution >= 4 is 35.2 Å². The predicted molar refractivity (Wildman–Crippen MR) is 115 cm³/mol. The Hall–Kier alpha value is -3.66. The molecule has 2 aromatic rings. The minimum atomic E-state index is -0.862. The summed E-state index contributed by atoms with van der Waals surface area (Å²) in [7, 11) is 2.95. The maximum Gasteiger partial charge on any atom is 0.342 e. The van der Waals surface area contributed by atoms with Gasteiger partial charge in [-0.3, -0.25) is 9.59 Å². The van der Waals surface area contributed by atoms with Crippen LogP contribution in [0, 0.1) is 5.92 Å². The van der Waals surface area contributed by atoms with Crippen molar-refractivity contribution in [2.24, 2.45) is 11.7 Å². The average molecular weight is 454 g/mol. The van der Waals surface area contributed by atoms with E-state index in [2.05, 4.69) is 0 Å². The van der Waals surface area contributed by atoms with Crippen LogP contribution in [0.5, 0.6) is 23.0 Å². The van der Waals surface area contributed by atoms with Crippen molar-refractivity contribution in [3.05, 3.63) is 52.6 Å². The first kappa shape index (κ1) is 20.3. The monoisotopic (exact) mass is 454 g/mol. The molecular formula is C22H18N2O7S. The second-order valence-electron chi connectivity index (χ2n) is 7.48. The van der Waals surface area contributed by atoms with Gasteiger partial charge in [0.05, 0.1) is 36.4 Å². The summed E-state index contributed by atoms with van der Waals surface area (Å²) >= 11 is 0.991. The summed E-state index contributed by atoms with van der Waals surface area (Å²) in [5, 5.41) is 9.14. The summed E-state index contributed by atoms with van der Waals surface area (Å²) in [4.78, 5) is 40.8. The zero-order valence-electron chi connectivity index (χ0n) is 17.0. The molecule has 0 aromatic heterocycles. The van der Waals surface area contributed by atoms with Gasteiger partial charge in [0, 0.05) is 23.6 Å². The highest BCUT2D eigenvalue weighted by Gasteiger charge is 2.58. The van der Waals surface area contributed by atoms with Crippen molar-refractivity contribution in [3.63, 3.8) is 0 Å². The number of thioether (sulfide) groups is 1. The number of esters is 1. The number of nitrogens with two attached hydrogens (primary N) is 1. The number of hydrogen-bond donors (Lipinski definition) is 2. The van der Waals surface area contributed by atoms with Crippen molar-refractivity contribution in [1.82, 2.24) is 0 Å². The molecule has 0 bridgehead atoms. The molecule has 0 spiro atoms. The Balaban J connectivity index is 1.62. The lowest BCUT2D eigenvalue weighted by molar-refractivity contribution is -0.131. The Morgan fingerprint density at radius 3 is 2.50 bits per heavy atom. The number of nitrogens with zero attached hydrogens (tertiary/aromatic N) is 1. The molecule has 0 saturated carbocycles. The number of fused-ring (bicyclic) bond motifs is 5. The van der Waals surface area contributed by atoms with Crippen LogP contribution in [-0.4, -0.2) is 42.4 Å². The summed E-state index contributed by atoms with van der Waals surface area (Å²) in [5.74, 6) is -2.32. The van der Waals surface area contributed by atoms with E-state index >= 15 is 0 Å². The molecule has 10 heteroatoms. The number of aromatic hydroxyl groups is 1. The number of benzene rings is 2. The topological polar surface area (TPSA) is 128 Å². The van der Waals surface area contributed by atoms with Gasteiger partial charge in [-0.05, 0) is 18.2 Å². The molecule has 1 fully saturated rings. The SMILES string of the molecule is COc1ccc(N2C(=O)[C@H]3[C@H](SC(N)=C4C(=O)Oc5cc(O)ccc5[C@H]43)C2=O)cc1OC. The van der Waals surface area contributed by atoms with Gasteiger partial charge in [-0.1, -0.05) is 17.8 Å². The van der Waals surface area contributed by atoms with Gasteiger partial charge >= 0.3 is 5.97 Å². The van der Waals surface area contributed by atoms with Gasteiger partial charge in [0.25, 0.3) is 0 Å². The number of imide groups is 1. The normalized spacial score (nSPS) is 24.0. The largest absolute Gasteiger partial charge is 0.508 e. The number of rotatable bonds is 3. The Labute approximate surface area is 186 Å². The van der Waals surface area contributed by atoms with Gasteiger partial charge < -0.3 is 25.1 Å². The van der Waals surface area contributed by atoms with E-state index in [0.29, 0.717) is 22.7 Å². The smallest absolute Gasteiger partial charge is 0.342 e. The number of hydrogen-bond acceptors (Lipinski definition) is 9. The Kier molecular flexibility index (Phi) is 4.55. The summed E-state index contributed by atoms with van der Waals surface area (Å²) in [6.45, 7) is 0. The highest BCUT2D eigenvalue weighted by Crippen LogP contribution is 2.55. The molecule has 3 N–H and O–H groups in total. The van der Waals surface area contributed by atoms with Crippen LogP contribution in [-0.2, 0) is 14.4 Å². The zero-order chi connectivity index (χ0) is 22.7. The molecule has 0 aliphatic carbocycles. The number of carbonyl (C=O) groups excluding carboxylic acids is 3. The molecule has 3 aliphatic heterocycles. The van der Waals surface area contributed by atoms with E-state index in [4.69, 9.17) is 19.9 Å². The lowest BCUT2D eigenvalue weighted by Gasteiger charge is -2.36. The third-order valence-electron chi connectivity index (χ3n) is 5.87. The van der Waals surface area contributed by atoms with Crippen LogP contribution in [0.4, 0.5) is 5.69 Å². The fraction of sp³-hybridized carbons (Fsp3) is 0.227. The van der Waals surface area contributed by atoms with Crippen molar-refractivity contribution in [2.45, 2.75) is 11.2 Å². The molecule has 3 aliphatic rings. The second-order valence-corrected chi connectivity index (χ2v) is 8.67. The highest BCUT2D eigenvalue weighted by molar-refractivity contribution is 8.04. The van der Waals surface area contributed by atoms with Gasteiger partial charge in [0.15, 0.2) is 11.5 Å². The van der Waals surface area contributed by atoms with Crippen LogP contribution in [0.1, 0.15) is 11.5 Å². The summed E-state index contributed by atoms with van der Waals surface area (Å²) in [5.41, 5.74) is 7.18. The van der Waals surface area contributed by atoms with Gasteiger partial charge in [-0.2, -0.15) is 0 Å². The molecule has 1 saturated heterocycles. The highest BCUT2D eigenvalue weighted by atomic mass is 32.2. The van der Waals surface area contributed by atoms with Gasteiger partial charge in [0.1, 0.15) is 16.7 Å². The Morgan fingerprint density at radius 1 is 1.03 bits per heavy atom. The average Bonchev–Trinajstić information content (AvgIpc) is 3.02. The first-order valence-electron chi connectivity index (χ1n) is 9.67. The lowest BCUT2D eigenvalue weighted by atomic mass is 9.77. The molecule has 9 nitrogen and oxygen atoms in total. The fourth-order valence-electron chi connectivity index (χ4n) is 4.46. The Morgan fingerprint density at radius 2 is 1.78 bits per heavy atom. The van der Waals surface area contributed by atoms with Crippen molar-refractivity contribution in [1.29, 1.82) is 0 Å². The molecule has 2 aromatic carbocycles. The van der Waals surface area contributed by atoms with E-state index in [-0.39, 0.29) is 22.1 Å². The minimum Gasteiger partial charge on any atom is -0.508 e. The number of phenolic OH excluding ortho intramolecular Hbond substituents is 1. The van der Waals surface area contributed by atoms with E-state index in [1.165, 1.54) is 26.4 Å². The van der Waals surface area contributed by atoms with Gasteiger partial charge in [0.2, 0.25) is 11.8 Å². The van der Waals surface area contributed by atoms with Crippen molar-refractivity contribution in [3.8, 4) is 23.0 Å². The molecule has 3 heterocycles. The third-order valence-corrected chi connectivity index (χ3v) is 7.09. The molecule has 0 unspecified atom stereocenters. The number of phenols is 1. The third kappa shape index (κ3) is 2.76. The minimum absolute atomic E-state index is 0.0838. The maximum atomic E-state index is 13.6. The maximum absolute atomic E-state index is 13.6.